The maximum absolute atomic E-state index is 14.7. The van der Waals surface area contributed by atoms with Crippen LogP contribution in [-0.4, -0.2) is 51.6 Å². The van der Waals surface area contributed by atoms with Crippen LogP contribution < -0.4 is 10.0 Å². The minimum atomic E-state index is -4.48. The maximum Gasteiger partial charge on any atom is 0.286 e. The molecule has 3 saturated carbocycles. The summed E-state index contributed by atoms with van der Waals surface area (Å²) in [5.74, 6) is -8.66. The van der Waals surface area contributed by atoms with Crippen molar-refractivity contribution in [3.63, 3.8) is 0 Å². The number of sulfonamides is 2. The van der Waals surface area contributed by atoms with Crippen LogP contribution in [-0.2, 0) is 36.2 Å². The normalized spacial score (nSPS) is 28.4. The molecule has 2 aromatic rings. The van der Waals surface area contributed by atoms with E-state index in [-0.39, 0.29) is 33.7 Å². The van der Waals surface area contributed by atoms with Gasteiger partial charge in [0.15, 0.2) is 29.2 Å². The van der Waals surface area contributed by atoms with Crippen LogP contribution in [0.15, 0.2) is 39.6 Å². The SMILES string of the molecule is CS(=O)(=O)Nc1ccc2c(c1)S(=O)(=O)N=C(C1C(=O)[C@@H]3C4CCC(CC4)[C@@H]3N(Cc3ccc(F)c(F)c3F)C1=O)N2. The molecule has 2 bridgehead atoms. The van der Waals surface area contributed by atoms with E-state index in [4.69, 9.17) is 0 Å². The van der Waals surface area contributed by atoms with Gasteiger partial charge in [-0.3, -0.25) is 14.3 Å². The Kier molecular flexibility index (Phi) is 6.45. The van der Waals surface area contributed by atoms with Gasteiger partial charge in [-0.15, -0.1) is 4.40 Å². The van der Waals surface area contributed by atoms with Gasteiger partial charge in [-0.2, -0.15) is 8.42 Å². The topological polar surface area (TPSA) is 142 Å². The third-order valence-electron chi connectivity index (χ3n) is 8.45. The van der Waals surface area contributed by atoms with Crippen LogP contribution in [0.4, 0.5) is 24.5 Å². The highest BCUT2D eigenvalue weighted by Crippen LogP contribution is 2.51. The molecule has 41 heavy (non-hydrogen) atoms. The van der Waals surface area contributed by atoms with Gasteiger partial charge >= 0.3 is 0 Å². The van der Waals surface area contributed by atoms with Crippen LogP contribution in [0.2, 0.25) is 0 Å². The molecule has 15 heteroatoms. The van der Waals surface area contributed by atoms with Crippen LogP contribution in [0.3, 0.4) is 0 Å². The van der Waals surface area contributed by atoms with Gasteiger partial charge in [-0.05, 0) is 61.8 Å². The number of hydrogen-bond donors (Lipinski definition) is 2. The zero-order valence-corrected chi connectivity index (χ0v) is 23.2. The number of rotatable bonds is 5. The lowest BCUT2D eigenvalue weighted by Gasteiger charge is -2.55. The number of Topliss-reactive ketones (excluding diaryl/α,β-unsaturated/α-hetero) is 1. The first-order valence-corrected chi connectivity index (χ1v) is 16.3. The third kappa shape index (κ3) is 4.68. The first-order valence-electron chi connectivity index (χ1n) is 13.0. The number of halogens is 3. The van der Waals surface area contributed by atoms with Gasteiger partial charge in [0.2, 0.25) is 15.9 Å². The van der Waals surface area contributed by atoms with Crippen LogP contribution in [0.5, 0.6) is 0 Å². The van der Waals surface area contributed by atoms with Crippen molar-refractivity contribution in [1.82, 2.24) is 4.90 Å². The number of fused-ring (bicyclic) bond motifs is 3. The number of ketones is 1. The number of amidine groups is 1. The molecule has 2 aliphatic heterocycles. The molecular formula is C26H25F3N4O6S2. The fourth-order valence-electron chi connectivity index (χ4n) is 6.78. The summed E-state index contributed by atoms with van der Waals surface area (Å²) in [4.78, 5) is 28.9. The second-order valence-corrected chi connectivity index (χ2v) is 14.3. The van der Waals surface area contributed by atoms with E-state index in [0.29, 0.717) is 0 Å². The van der Waals surface area contributed by atoms with E-state index in [9.17, 15) is 39.6 Å². The van der Waals surface area contributed by atoms with Gasteiger partial charge in [-0.1, -0.05) is 6.07 Å². The lowest BCUT2D eigenvalue weighted by atomic mass is 9.57. The summed E-state index contributed by atoms with van der Waals surface area (Å²) in [6.07, 6.45) is 3.88. The first-order chi connectivity index (χ1) is 19.2. The van der Waals surface area contributed by atoms with E-state index < -0.39 is 79.4 Å². The molecule has 1 unspecified atom stereocenters. The van der Waals surface area contributed by atoms with E-state index >= 15 is 0 Å². The van der Waals surface area contributed by atoms with Crippen LogP contribution in [0.25, 0.3) is 0 Å². The standard InChI is InChI=1S/C26H25F3N4O6S2/c1-40(36,37)31-15-7-9-17-18(10-15)41(38,39)32-25(30-17)20-24(34)19-12-2-4-13(5-3-12)23(19)33(26(20)35)11-14-6-8-16(27)22(29)21(14)28/h6-10,12-13,19-20,23,31H,2-5,11H2,1H3,(H,30,32)/t12?,13?,19-,20?,23+/m1/s1. The molecule has 2 N–H and O–H groups in total. The molecule has 0 aromatic heterocycles. The fraction of sp³-hybridized carbons (Fsp3) is 0.423. The maximum atomic E-state index is 14.7. The van der Waals surface area contributed by atoms with Gasteiger partial charge in [0.1, 0.15) is 10.7 Å². The molecule has 5 aliphatic rings. The van der Waals surface area contributed by atoms with Crippen molar-refractivity contribution in [2.75, 3.05) is 16.3 Å². The van der Waals surface area contributed by atoms with Crippen molar-refractivity contribution in [2.24, 2.45) is 28.1 Å². The molecule has 7 rings (SSSR count). The summed E-state index contributed by atoms with van der Waals surface area (Å²) >= 11 is 0. The van der Waals surface area contributed by atoms with Gasteiger partial charge < -0.3 is 10.2 Å². The highest BCUT2D eigenvalue weighted by molar-refractivity contribution is 7.92. The number of anilines is 2. The number of nitrogens with one attached hydrogen (secondary N) is 2. The average molecular weight is 611 g/mol. The first kappa shape index (κ1) is 27.7. The van der Waals surface area contributed by atoms with Crippen molar-refractivity contribution in [2.45, 2.75) is 43.2 Å². The number of likely N-dealkylation sites (tertiary alicyclic amines) is 1. The van der Waals surface area contributed by atoms with Gasteiger partial charge in [0, 0.05) is 29.8 Å². The lowest BCUT2D eigenvalue weighted by Crippen LogP contribution is -2.66. The van der Waals surface area contributed by atoms with Crippen molar-refractivity contribution >= 4 is 48.9 Å². The highest BCUT2D eigenvalue weighted by atomic mass is 32.2. The number of nitrogens with zero attached hydrogens (tertiary/aromatic N) is 2. The molecule has 1 amide bonds. The Morgan fingerprint density at radius 3 is 2.39 bits per heavy atom. The summed E-state index contributed by atoms with van der Waals surface area (Å²) in [5.41, 5.74) is -0.311. The van der Waals surface area contributed by atoms with Gasteiger partial charge in [0.25, 0.3) is 10.0 Å². The lowest BCUT2D eigenvalue weighted by molar-refractivity contribution is -0.162. The predicted molar refractivity (Wildman–Crippen MR) is 141 cm³/mol. The zero-order valence-electron chi connectivity index (χ0n) is 21.6. The second-order valence-electron chi connectivity index (χ2n) is 11.0. The minimum Gasteiger partial charge on any atom is -0.341 e. The number of piperidine rings is 1. The van der Waals surface area contributed by atoms with E-state index in [1.807, 2.05) is 0 Å². The molecule has 1 saturated heterocycles. The quantitative estimate of drug-likeness (QED) is 0.392. The number of carbonyl (C=O) groups is 2. The summed E-state index contributed by atoms with van der Waals surface area (Å²) in [5, 5.41) is 2.77. The molecule has 3 aliphatic carbocycles. The van der Waals surface area contributed by atoms with Gasteiger partial charge in [0.05, 0.1) is 11.9 Å². The predicted octanol–water partition coefficient (Wildman–Crippen LogP) is 3.02. The molecule has 10 nitrogen and oxygen atoms in total. The third-order valence-corrected chi connectivity index (χ3v) is 10.4. The zero-order chi connectivity index (χ0) is 29.4. The molecule has 218 valence electrons. The Balaban J connectivity index is 1.40. The molecule has 0 radical (unpaired) electrons. The molecule has 3 atom stereocenters. The van der Waals surface area contributed by atoms with Crippen molar-refractivity contribution in [1.29, 1.82) is 0 Å². The van der Waals surface area contributed by atoms with Crippen LogP contribution in [0.1, 0.15) is 31.2 Å². The van der Waals surface area contributed by atoms with E-state index in [1.54, 1.807) is 0 Å². The Morgan fingerprint density at radius 1 is 1.02 bits per heavy atom. The van der Waals surface area contributed by atoms with Crippen molar-refractivity contribution in [3.8, 4) is 0 Å². The van der Waals surface area contributed by atoms with Crippen molar-refractivity contribution in [3.05, 3.63) is 53.3 Å². The Labute approximate surface area is 234 Å². The largest absolute Gasteiger partial charge is 0.341 e. The van der Waals surface area contributed by atoms with E-state index in [0.717, 1.165) is 50.1 Å². The summed E-state index contributed by atoms with van der Waals surface area (Å²) in [7, 11) is -8.19. The molecule has 2 heterocycles. The molecule has 4 fully saturated rings. The molecule has 0 spiro atoms. The van der Waals surface area contributed by atoms with Crippen LogP contribution >= 0.6 is 0 Å². The van der Waals surface area contributed by atoms with Crippen molar-refractivity contribution < 1.29 is 39.6 Å². The highest BCUT2D eigenvalue weighted by Gasteiger charge is 2.58. The summed E-state index contributed by atoms with van der Waals surface area (Å²) < 4.78 is 97.9. The smallest absolute Gasteiger partial charge is 0.286 e. The van der Waals surface area contributed by atoms with E-state index in [2.05, 4.69) is 14.4 Å². The fourth-order valence-corrected chi connectivity index (χ4v) is 8.52. The number of carbonyl (C=O) groups excluding carboxylic acids is 2. The Morgan fingerprint density at radius 2 is 1.71 bits per heavy atom. The van der Waals surface area contributed by atoms with Crippen LogP contribution in [0, 0.1) is 41.1 Å². The average Bonchev–Trinajstić information content (AvgIpc) is 2.90. The van der Waals surface area contributed by atoms with Gasteiger partial charge in [-0.25, -0.2) is 21.6 Å². The summed E-state index contributed by atoms with van der Waals surface area (Å²) in [6.45, 7) is -0.437. The summed E-state index contributed by atoms with van der Waals surface area (Å²) in [6, 6.07) is 4.87. The molecular weight excluding hydrogens is 585 g/mol. The second kappa shape index (κ2) is 9.54. The minimum absolute atomic E-state index is 0.0138. The molecule has 2 aromatic carbocycles. The number of hydrogen-bond acceptors (Lipinski definition) is 7. The van der Waals surface area contributed by atoms with E-state index in [1.165, 1.54) is 17.0 Å². The monoisotopic (exact) mass is 610 g/mol. The number of benzene rings is 2. The Hall–Kier alpha value is -3.46. The number of amides is 1. The Bertz CT molecular complexity index is 1740.